The van der Waals surface area contributed by atoms with Crippen LogP contribution in [-0.2, 0) is 11.2 Å². The van der Waals surface area contributed by atoms with Gasteiger partial charge < -0.3 is 4.74 Å². The van der Waals surface area contributed by atoms with Gasteiger partial charge in [-0.2, -0.15) is 0 Å². The number of nitrogens with one attached hydrogen (secondary N) is 1. The lowest BCUT2D eigenvalue weighted by Gasteiger charge is -2.50. The number of hydrogen-bond acceptors (Lipinski definition) is 5. The third-order valence-electron chi connectivity index (χ3n) is 6.38. The third kappa shape index (κ3) is 4.97. The number of nitrogens with zero attached hydrogens (tertiary/aromatic N) is 2. The van der Waals surface area contributed by atoms with Gasteiger partial charge in [0, 0.05) is 33.8 Å². The van der Waals surface area contributed by atoms with E-state index in [-0.39, 0.29) is 18.2 Å². The molecule has 6 heteroatoms. The molecule has 32 heavy (non-hydrogen) atoms. The Kier molecular flexibility index (Phi) is 6.41. The summed E-state index contributed by atoms with van der Waals surface area (Å²) >= 11 is 1.70. The summed E-state index contributed by atoms with van der Waals surface area (Å²) in [6, 6.07) is 22.4. The second-order valence-corrected chi connectivity index (χ2v) is 9.59. The number of hydrogen-bond donors (Lipinski definition) is 1. The molecule has 3 aromatic rings. The van der Waals surface area contributed by atoms with E-state index < -0.39 is 0 Å². The summed E-state index contributed by atoms with van der Waals surface area (Å²) in [6.45, 7) is 2.16. The van der Waals surface area contributed by atoms with Crippen LogP contribution in [0.1, 0.15) is 18.4 Å². The van der Waals surface area contributed by atoms with E-state index in [2.05, 4.69) is 33.4 Å². The van der Waals surface area contributed by atoms with Crippen LogP contribution in [0.25, 0.3) is 0 Å². The van der Waals surface area contributed by atoms with E-state index in [1.54, 1.807) is 18.0 Å². The van der Waals surface area contributed by atoms with Crippen LogP contribution in [0.5, 0.6) is 0 Å². The van der Waals surface area contributed by atoms with Gasteiger partial charge in [-0.3, -0.25) is 15.2 Å². The highest BCUT2D eigenvalue weighted by Gasteiger charge is 2.44. The fourth-order valence-corrected chi connectivity index (χ4v) is 5.62. The number of aromatic nitrogens is 1. The topological polar surface area (TPSA) is 54.5 Å². The van der Waals surface area contributed by atoms with E-state index in [9.17, 15) is 4.79 Å². The molecule has 5 nitrogen and oxygen atoms in total. The van der Waals surface area contributed by atoms with Crippen molar-refractivity contribution in [3.63, 3.8) is 0 Å². The molecule has 1 amide bonds. The highest BCUT2D eigenvalue weighted by Crippen LogP contribution is 2.36. The van der Waals surface area contributed by atoms with Gasteiger partial charge in [0.05, 0.1) is 6.04 Å². The van der Waals surface area contributed by atoms with E-state index in [1.165, 1.54) is 10.5 Å². The van der Waals surface area contributed by atoms with Crippen molar-refractivity contribution in [3.05, 3.63) is 84.7 Å². The van der Waals surface area contributed by atoms with Crippen molar-refractivity contribution in [2.45, 2.75) is 41.2 Å². The number of benzene rings is 2. The lowest BCUT2D eigenvalue weighted by molar-refractivity contribution is -0.0741. The predicted octanol–water partition coefficient (Wildman–Crippen LogP) is 5.49. The number of pyridine rings is 1. The molecular formula is C26H27N3O2S. The van der Waals surface area contributed by atoms with E-state index in [0.717, 1.165) is 42.9 Å². The molecule has 2 bridgehead atoms. The molecule has 2 atom stereocenters. The number of rotatable bonds is 6. The van der Waals surface area contributed by atoms with Crippen molar-refractivity contribution in [3.8, 4) is 0 Å². The van der Waals surface area contributed by atoms with Gasteiger partial charge in [0.25, 0.3) is 0 Å². The molecule has 2 aromatic carbocycles. The summed E-state index contributed by atoms with van der Waals surface area (Å²) in [5.74, 6) is 0.428. The van der Waals surface area contributed by atoms with Gasteiger partial charge in [-0.1, -0.05) is 36.0 Å². The Balaban J connectivity index is 1.21. The average Bonchev–Trinajstić information content (AvgIpc) is 2.84. The lowest BCUT2D eigenvalue weighted by atomic mass is 9.78. The number of piperidine rings is 3. The largest absolute Gasteiger partial charge is 0.444 e. The van der Waals surface area contributed by atoms with Crippen LogP contribution in [0.3, 0.4) is 0 Å². The standard InChI is InChI=1S/C26H27N3O2S/c30-26(28-21-8-10-23(11-9-21)32-22-6-2-1-3-7-22)31-25-20-12-15-29(16-13-20)24(25)17-19-5-4-14-27-18-19/h1-11,14,18,20,24-25H,12-13,15-17H2,(H,28,30)/t24-,25+/m1/s1. The third-order valence-corrected chi connectivity index (χ3v) is 7.39. The smallest absolute Gasteiger partial charge is 0.411 e. The Morgan fingerprint density at radius 1 is 1.00 bits per heavy atom. The Morgan fingerprint density at radius 2 is 1.75 bits per heavy atom. The zero-order valence-corrected chi connectivity index (χ0v) is 18.7. The molecule has 0 spiro atoms. The molecule has 1 aromatic heterocycles. The van der Waals surface area contributed by atoms with E-state index in [4.69, 9.17) is 4.74 Å². The Morgan fingerprint density at radius 3 is 2.47 bits per heavy atom. The quantitative estimate of drug-likeness (QED) is 0.544. The van der Waals surface area contributed by atoms with Gasteiger partial charge in [-0.15, -0.1) is 0 Å². The summed E-state index contributed by atoms with van der Waals surface area (Å²) in [7, 11) is 0. The first kappa shape index (κ1) is 21.0. The van der Waals surface area contributed by atoms with Crippen molar-refractivity contribution in [2.24, 2.45) is 5.92 Å². The molecule has 1 N–H and O–H groups in total. The van der Waals surface area contributed by atoms with Gasteiger partial charge in [-0.25, -0.2) is 4.79 Å². The molecular weight excluding hydrogens is 418 g/mol. The molecule has 3 aliphatic heterocycles. The maximum Gasteiger partial charge on any atom is 0.411 e. The number of fused-ring (bicyclic) bond motifs is 3. The SMILES string of the molecule is O=C(Nc1ccc(Sc2ccccc2)cc1)O[C@H]1C2CCN(CC2)[C@@H]1Cc1cccnc1. The second kappa shape index (κ2) is 9.76. The van der Waals surface area contributed by atoms with Gasteiger partial charge in [-0.05, 0) is 80.4 Å². The van der Waals surface area contributed by atoms with Gasteiger partial charge in [0.2, 0.25) is 0 Å². The number of amides is 1. The number of carbonyl (C=O) groups excluding carboxylic acids is 1. The minimum Gasteiger partial charge on any atom is -0.444 e. The van der Waals surface area contributed by atoms with Gasteiger partial charge in [0.1, 0.15) is 6.10 Å². The van der Waals surface area contributed by atoms with Crippen LogP contribution in [0, 0.1) is 5.92 Å². The number of carbonyl (C=O) groups is 1. The molecule has 3 aliphatic rings. The molecule has 6 rings (SSSR count). The monoisotopic (exact) mass is 445 g/mol. The molecule has 0 saturated carbocycles. The Bertz CT molecular complexity index is 1020. The Labute approximate surface area is 193 Å². The fourth-order valence-electron chi connectivity index (χ4n) is 4.78. The Hall–Kier alpha value is -2.83. The van der Waals surface area contributed by atoms with E-state index in [1.807, 2.05) is 54.7 Å². The van der Waals surface area contributed by atoms with Crippen molar-refractivity contribution in [1.29, 1.82) is 0 Å². The van der Waals surface area contributed by atoms with Crippen LogP contribution >= 0.6 is 11.8 Å². The number of ether oxygens (including phenoxy) is 1. The number of anilines is 1. The average molecular weight is 446 g/mol. The fraction of sp³-hybridized carbons (Fsp3) is 0.308. The predicted molar refractivity (Wildman–Crippen MR) is 127 cm³/mol. The first-order valence-electron chi connectivity index (χ1n) is 11.2. The minimum atomic E-state index is -0.372. The highest BCUT2D eigenvalue weighted by atomic mass is 32.2. The van der Waals surface area contributed by atoms with E-state index in [0.29, 0.717) is 5.92 Å². The van der Waals surface area contributed by atoms with Crippen molar-refractivity contribution < 1.29 is 9.53 Å². The lowest BCUT2D eigenvalue weighted by Crippen LogP contribution is -2.60. The van der Waals surface area contributed by atoms with Crippen LogP contribution in [0.4, 0.5) is 10.5 Å². The first-order chi connectivity index (χ1) is 15.7. The molecule has 164 valence electrons. The molecule has 3 saturated heterocycles. The van der Waals surface area contributed by atoms with Gasteiger partial charge in [0.15, 0.2) is 0 Å². The van der Waals surface area contributed by atoms with Crippen molar-refractivity contribution in [2.75, 3.05) is 18.4 Å². The summed E-state index contributed by atoms with van der Waals surface area (Å²) in [5, 5.41) is 2.92. The molecule has 0 aliphatic carbocycles. The van der Waals surface area contributed by atoms with E-state index >= 15 is 0 Å². The molecule has 3 fully saturated rings. The maximum atomic E-state index is 12.8. The first-order valence-corrected chi connectivity index (χ1v) is 12.0. The van der Waals surface area contributed by atoms with Gasteiger partial charge >= 0.3 is 6.09 Å². The molecule has 0 unspecified atom stereocenters. The van der Waals surface area contributed by atoms with Crippen molar-refractivity contribution in [1.82, 2.24) is 9.88 Å². The summed E-state index contributed by atoms with van der Waals surface area (Å²) in [5.41, 5.74) is 1.93. The molecule has 4 heterocycles. The van der Waals surface area contributed by atoms with Crippen LogP contribution < -0.4 is 5.32 Å². The summed E-state index contributed by atoms with van der Waals surface area (Å²) < 4.78 is 6.02. The second-order valence-electron chi connectivity index (χ2n) is 8.44. The highest BCUT2D eigenvalue weighted by molar-refractivity contribution is 7.99. The maximum absolute atomic E-state index is 12.8. The normalized spacial score (nSPS) is 24.1. The van der Waals surface area contributed by atoms with Crippen molar-refractivity contribution >= 4 is 23.5 Å². The van der Waals surface area contributed by atoms with Crippen LogP contribution in [-0.4, -0.2) is 41.2 Å². The molecule has 0 radical (unpaired) electrons. The van der Waals surface area contributed by atoms with Crippen LogP contribution in [0.2, 0.25) is 0 Å². The zero-order chi connectivity index (χ0) is 21.8. The zero-order valence-electron chi connectivity index (χ0n) is 17.9. The van der Waals surface area contributed by atoms with Crippen LogP contribution in [0.15, 0.2) is 88.9 Å². The summed E-state index contributed by atoms with van der Waals surface area (Å²) in [6.07, 6.45) is 6.28. The summed E-state index contributed by atoms with van der Waals surface area (Å²) in [4.78, 5) is 21.8. The minimum absolute atomic E-state index is 0.0920.